The topological polar surface area (TPSA) is 61.8 Å². The number of carbonyl (C=O) groups is 2. The average Bonchev–Trinajstić information content (AvgIpc) is 2.83. The highest BCUT2D eigenvalue weighted by molar-refractivity contribution is 5.81. The number of alkyl halides is 17. The maximum absolute atomic E-state index is 14.4. The van der Waals surface area contributed by atoms with Crippen molar-refractivity contribution in [3.63, 3.8) is 0 Å². The molecule has 0 amide bonds. The summed E-state index contributed by atoms with van der Waals surface area (Å²) in [6.45, 7) is 4.10. The van der Waals surface area contributed by atoms with Crippen LogP contribution in [0.15, 0.2) is 25.3 Å². The molecule has 0 fully saturated rings. The summed E-state index contributed by atoms with van der Waals surface area (Å²) in [6, 6.07) is 0. The van der Waals surface area contributed by atoms with Crippen LogP contribution in [0.3, 0.4) is 0 Å². The molecule has 0 aromatic heterocycles. The molecule has 0 radical (unpaired) electrons. The van der Waals surface area contributed by atoms with Crippen molar-refractivity contribution in [1.29, 1.82) is 0 Å². The summed E-state index contributed by atoms with van der Waals surface area (Å²) in [7, 11) is 0. The normalized spacial score (nSPS) is 16.0. The molecule has 0 aliphatic rings. The van der Waals surface area contributed by atoms with Crippen molar-refractivity contribution in [2.45, 2.75) is 67.1 Å². The Morgan fingerprint density at radius 1 is 0.634 bits per heavy atom. The van der Waals surface area contributed by atoms with E-state index in [2.05, 4.69) is 27.7 Å². The van der Waals surface area contributed by atoms with Gasteiger partial charge in [-0.1, -0.05) is 20.1 Å². The molecule has 41 heavy (non-hydrogen) atoms. The Balaban J connectivity index is 6.57. The second kappa shape index (κ2) is 11.8. The summed E-state index contributed by atoms with van der Waals surface area (Å²) >= 11 is 0. The van der Waals surface area contributed by atoms with Gasteiger partial charge in [-0.2, -0.15) is 79.5 Å². The molecule has 0 saturated carbocycles. The zero-order valence-corrected chi connectivity index (χ0v) is 19.6. The Morgan fingerprint density at radius 2 is 1.00 bits per heavy atom. The molecule has 0 aromatic rings. The van der Waals surface area contributed by atoms with Crippen LogP contribution in [0.4, 0.5) is 74.6 Å². The smallest absolute Gasteiger partial charge is 0.460 e. The van der Waals surface area contributed by atoms with Gasteiger partial charge in [0.05, 0.1) is 0 Å². The zero-order chi connectivity index (χ0) is 33.3. The molecule has 5 nitrogen and oxygen atoms in total. The number of halogens is 17. The van der Waals surface area contributed by atoms with E-state index in [0.29, 0.717) is 12.2 Å². The van der Waals surface area contributed by atoms with Crippen molar-refractivity contribution >= 4 is 11.9 Å². The molecule has 2 atom stereocenters. The van der Waals surface area contributed by atoms with E-state index in [9.17, 15) is 84.2 Å². The minimum atomic E-state index is -8.76. The molecule has 0 N–H and O–H groups in total. The third kappa shape index (κ3) is 6.50. The van der Waals surface area contributed by atoms with Crippen LogP contribution < -0.4 is 0 Å². The van der Waals surface area contributed by atoms with Gasteiger partial charge in [0.1, 0.15) is 12.7 Å². The molecule has 0 rings (SSSR count). The number of ether oxygens (including phenoxy) is 1. The van der Waals surface area contributed by atoms with E-state index in [1.165, 1.54) is 0 Å². The van der Waals surface area contributed by atoms with Crippen molar-refractivity contribution in [3.8, 4) is 0 Å². The van der Waals surface area contributed by atoms with Gasteiger partial charge >= 0.3 is 59.6 Å². The molecule has 0 aromatic carbocycles. The van der Waals surface area contributed by atoms with Crippen LogP contribution in [-0.4, -0.2) is 72.3 Å². The molecule has 0 heterocycles. The average molecular weight is 646 g/mol. The van der Waals surface area contributed by atoms with Crippen LogP contribution in [0.25, 0.3) is 0 Å². The first-order valence-corrected chi connectivity index (χ1v) is 9.95. The number of esters is 1. The summed E-state index contributed by atoms with van der Waals surface area (Å²) < 4.78 is 233. The SMILES string of the molecule is C=CC(=O)OCC(CC(C)C(F)(F)C(F)(F)C(F)(F)C(F)(F)C(F)(F)C(F)(F)C(F)(F)C(F)(F)F)OOC(=O)C=C. The summed E-state index contributed by atoms with van der Waals surface area (Å²) in [4.78, 5) is 30.1. The highest BCUT2D eigenvalue weighted by Gasteiger charge is 2.95. The number of rotatable bonds is 15. The fraction of sp³-hybridized carbons (Fsp3) is 0.684. The van der Waals surface area contributed by atoms with Gasteiger partial charge in [0.25, 0.3) is 0 Å². The molecule has 0 saturated heterocycles. The van der Waals surface area contributed by atoms with Gasteiger partial charge in [-0.25, -0.2) is 9.59 Å². The fourth-order valence-corrected chi connectivity index (χ4v) is 2.55. The highest BCUT2D eigenvalue weighted by Crippen LogP contribution is 2.64. The number of hydrogen-bond donors (Lipinski definition) is 0. The first kappa shape index (κ1) is 38.2. The van der Waals surface area contributed by atoms with E-state index in [4.69, 9.17) is 0 Å². The van der Waals surface area contributed by atoms with E-state index in [1.54, 1.807) is 0 Å². The van der Waals surface area contributed by atoms with Crippen molar-refractivity contribution in [2.75, 3.05) is 6.61 Å². The predicted molar refractivity (Wildman–Crippen MR) is 96.8 cm³/mol. The molecule has 240 valence electrons. The quantitative estimate of drug-likeness (QED) is 0.0646. The second-order valence-electron chi connectivity index (χ2n) is 7.86. The first-order chi connectivity index (χ1) is 18.0. The van der Waals surface area contributed by atoms with Gasteiger partial charge in [0, 0.05) is 18.1 Å². The lowest BCUT2D eigenvalue weighted by molar-refractivity contribution is -0.463. The zero-order valence-electron chi connectivity index (χ0n) is 19.6. The molecule has 0 aliphatic heterocycles. The van der Waals surface area contributed by atoms with Crippen LogP contribution in [0.2, 0.25) is 0 Å². The summed E-state index contributed by atoms with van der Waals surface area (Å²) in [5.74, 6) is -64.0. The summed E-state index contributed by atoms with van der Waals surface area (Å²) in [5.41, 5.74) is 0. The Hall–Kier alpha value is -2.81. The van der Waals surface area contributed by atoms with Gasteiger partial charge in [-0.15, -0.1) is 0 Å². The molecule has 2 unspecified atom stereocenters. The Morgan fingerprint density at radius 3 is 1.37 bits per heavy atom. The van der Waals surface area contributed by atoms with Crippen LogP contribution in [0, 0.1) is 5.92 Å². The minimum absolute atomic E-state index is 0.215. The van der Waals surface area contributed by atoms with Gasteiger partial charge in [-0.05, 0) is 6.42 Å². The second-order valence-corrected chi connectivity index (χ2v) is 7.86. The Kier molecular flexibility index (Phi) is 11.0. The largest absolute Gasteiger partial charge is 0.460 e. The number of hydrogen-bond acceptors (Lipinski definition) is 5. The van der Waals surface area contributed by atoms with Crippen LogP contribution in [0.5, 0.6) is 0 Å². The minimum Gasteiger partial charge on any atom is -0.460 e. The van der Waals surface area contributed by atoms with E-state index >= 15 is 0 Å². The predicted octanol–water partition coefficient (Wildman–Crippen LogP) is 6.78. The third-order valence-electron chi connectivity index (χ3n) is 4.99. The van der Waals surface area contributed by atoms with E-state index in [1.807, 2.05) is 0 Å². The fourth-order valence-electron chi connectivity index (χ4n) is 2.55. The molecule has 0 aliphatic carbocycles. The lowest BCUT2D eigenvalue weighted by atomic mass is 9.84. The lowest BCUT2D eigenvalue weighted by Crippen LogP contribution is -2.74. The van der Waals surface area contributed by atoms with Gasteiger partial charge < -0.3 is 4.74 Å². The van der Waals surface area contributed by atoms with Gasteiger partial charge in [0.15, 0.2) is 0 Å². The van der Waals surface area contributed by atoms with E-state index < -0.39 is 84.6 Å². The third-order valence-corrected chi connectivity index (χ3v) is 4.99. The molecule has 22 heteroatoms. The molecular weight excluding hydrogens is 631 g/mol. The van der Waals surface area contributed by atoms with Crippen molar-refractivity contribution in [2.24, 2.45) is 5.92 Å². The maximum atomic E-state index is 14.4. The lowest BCUT2D eigenvalue weighted by Gasteiger charge is -2.43. The van der Waals surface area contributed by atoms with Gasteiger partial charge in [0.2, 0.25) is 0 Å². The van der Waals surface area contributed by atoms with Crippen LogP contribution >= 0.6 is 0 Å². The van der Waals surface area contributed by atoms with Crippen molar-refractivity contribution < 1.29 is 98.7 Å². The standard InChI is InChI=1S/C19H15F17O5/c1-4-10(37)39-7-9(40-41-11(38)5-2)6-8(3)12(20,21)13(22,23)14(24,25)15(26,27)16(28,29)17(30,31)18(32,33)19(34,35)36/h4-5,8-9H,1-2,6-7H2,3H3. The summed E-state index contributed by atoms with van der Waals surface area (Å²) in [6.07, 6.45) is -11.4. The Bertz CT molecular complexity index is 949. The maximum Gasteiger partial charge on any atom is 0.460 e. The highest BCUT2D eigenvalue weighted by atomic mass is 19.4. The van der Waals surface area contributed by atoms with Gasteiger partial charge in [-0.3, -0.25) is 4.89 Å². The summed E-state index contributed by atoms with van der Waals surface area (Å²) in [5, 5.41) is 0. The Labute approximate surface area is 216 Å². The van der Waals surface area contributed by atoms with Crippen LogP contribution in [-0.2, 0) is 24.1 Å². The van der Waals surface area contributed by atoms with E-state index in [0.717, 1.165) is 0 Å². The van der Waals surface area contributed by atoms with Crippen molar-refractivity contribution in [1.82, 2.24) is 0 Å². The first-order valence-electron chi connectivity index (χ1n) is 9.95. The van der Waals surface area contributed by atoms with Crippen molar-refractivity contribution in [3.05, 3.63) is 25.3 Å². The number of carbonyl (C=O) groups excluding carboxylic acids is 2. The monoisotopic (exact) mass is 646 g/mol. The molecule has 0 bridgehead atoms. The van der Waals surface area contributed by atoms with E-state index in [-0.39, 0.29) is 6.92 Å². The molecular formula is C19H15F17O5. The van der Waals surface area contributed by atoms with Crippen LogP contribution in [0.1, 0.15) is 13.3 Å². The molecule has 0 spiro atoms.